The zero-order chi connectivity index (χ0) is 16.1. The quantitative estimate of drug-likeness (QED) is 0.672. The van der Waals surface area contributed by atoms with Crippen LogP contribution in [0.5, 0.6) is 5.75 Å². The van der Waals surface area contributed by atoms with Gasteiger partial charge >= 0.3 is 0 Å². The van der Waals surface area contributed by atoms with Gasteiger partial charge in [0.1, 0.15) is 5.75 Å². The van der Waals surface area contributed by atoms with E-state index in [4.69, 9.17) is 4.74 Å². The van der Waals surface area contributed by atoms with Crippen LogP contribution >= 0.6 is 23.1 Å². The highest BCUT2D eigenvalue weighted by atomic mass is 32.2. The van der Waals surface area contributed by atoms with Crippen molar-refractivity contribution in [1.29, 1.82) is 0 Å². The third-order valence-electron chi connectivity index (χ3n) is 3.04. The number of nitrogens with one attached hydrogen (secondary N) is 1. The van der Waals surface area contributed by atoms with Gasteiger partial charge in [0.15, 0.2) is 5.13 Å². The number of para-hydroxylation sites is 1. The SMILES string of the molecule is CCOc1ccc(SCC(=O)Nc2nc3ccccc3s2)cc1. The van der Waals surface area contributed by atoms with Crippen molar-refractivity contribution in [2.75, 3.05) is 17.7 Å². The monoisotopic (exact) mass is 344 g/mol. The topological polar surface area (TPSA) is 51.2 Å². The lowest BCUT2D eigenvalue weighted by molar-refractivity contribution is -0.113. The van der Waals surface area contributed by atoms with E-state index in [9.17, 15) is 4.79 Å². The van der Waals surface area contributed by atoms with E-state index < -0.39 is 0 Å². The second kappa shape index (κ2) is 7.48. The van der Waals surface area contributed by atoms with Crippen molar-refractivity contribution in [3.8, 4) is 5.75 Å². The summed E-state index contributed by atoms with van der Waals surface area (Å²) in [5.41, 5.74) is 0.909. The Labute approximate surface area is 142 Å². The number of thioether (sulfide) groups is 1. The van der Waals surface area contributed by atoms with Crippen LogP contribution in [0.25, 0.3) is 10.2 Å². The Morgan fingerprint density at radius 3 is 2.74 bits per heavy atom. The molecule has 23 heavy (non-hydrogen) atoms. The van der Waals surface area contributed by atoms with E-state index in [1.54, 1.807) is 0 Å². The second-order valence-electron chi connectivity index (χ2n) is 4.73. The Morgan fingerprint density at radius 1 is 1.22 bits per heavy atom. The number of anilines is 1. The van der Waals surface area contributed by atoms with Gasteiger partial charge in [0, 0.05) is 4.90 Å². The molecule has 6 heteroatoms. The highest BCUT2D eigenvalue weighted by Gasteiger charge is 2.08. The van der Waals surface area contributed by atoms with Gasteiger partial charge in [-0.3, -0.25) is 4.79 Å². The van der Waals surface area contributed by atoms with E-state index in [1.807, 2.05) is 55.5 Å². The van der Waals surface area contributed by atoms with Gasteiger partial charge in [0.2, 0.25) is 5.91 Å². The fourth-order valence-corrected chi connectivity index (χ4v) is 3.61. The normalized spacial score (nSPS) is 10.7. The van der Waals surface area contributed by atoms with E-state index in [0.717, 1.165) is 20.9 Å². The Morgan fingerprint density at radius 2 is 2.00 bits per heavy atom. The summed E-state index contributed by atoms with van der Waals surface area (Å²) in [5, 5.41) is 3.50. The molecule has 0 spiro atoms. The number of thiazole rings is 1. The van der Waals surface area contributed by atoms with Gasteiger partial charge in [-0.25, -0.2) is 4.98 Å². The summed E-state index contributed by atoms with van der Waals surface area (Å²) < 4.78 is 6.47. The third kappa shape index (κ3) is 4.24. The smallest absolute Gasteiger partial charge is 0.236 e. The predicted octanol–water partition coefficient (Wildman–Crippen LogP) is 4.43. The van der Waals surface area contributed by atoms with E-state index in [0.29, 0.717) is 17.5 Å². The van der Waals surface area contributed by atoms with Crippen LogP contribution in [-0.2, 0) is 4.79 Å². The van der Waals surface area contributed by atoms with Crippen molar-refractivity contribution in [2.24, 2.45) is 0 Å². The number of carbonyl (C=O) groups is 1. The molecule has 1 N–H and O–H groups in total. The van der Waals surface area contributed by atoms with Gasteiger partial charge < -0.3 is 10.1 Å². The van der Waals surface area contributed by atoms with Crippen molar-refractivity contribution < 1.29 is 9.53 Å². The molecule has 1 amide bonds. The second-order valence-corrected chi connectivity index (χ2v) is 6.81. The molecule has 0 radical (unpaired) electrons. The van der Waals surface area contributed by atoms with Gasteiger partial charge in [-0.2, -0.15) is 0 Å². The summed E-state index contributed by atoms with van der Waals surface area (Å²) in [7, 11) is 0. The van der Waals surface area contributed by atoms with Crippen molar-refractivity contribution in [3.05, 3.63) is 48.5 Å². The van der Waals surface area contributed by atoms with Crippen LogP contribution in [0.1, 0.15) is 6.92 Å². The Kier molecular flexibility index (Phi) is 5.15. The highest BCUT2D eigenvalue weighted by Crippen LogP contribution is 2.26. The van der Waals surface area contributed by atoms with Crippen LogP contribution in [0.4, 0.5) is 5.13 Å². The average molecular weight is 344 g/mol. The van der Waals surface area contributed by atoms with E-state index in [-0.39, 0.29) is 5.91 Å². The number of rotatable bonds is 6. The first-order valence-corrected chi connectivity index (χ1v) is 9.06. The number of hydrogen-bond donors (Lipinski definition) is 1. The molecule has 0 saturated carbocycles. The lowest BCUT2D eigenvalue weighted by Gasteiger charge is -2.05. The zero-order valence-electron chi connectivity index (χ0n) is 12.6. The Hall–Kier alpha value is -2.05. The van der Waals surface area contributed by atoms with Gasteiger partial charge in [-0.05, 0) is 43.3 Å². The maximum Gasteiger partial charge on any atom is 0.236 e. The number of carbonyl (C=O) groups excluding carboxylic acids is 1. The molecule has 0 bridgehead atoms. The van der Waals surface area contributed by atoms with Gasteiger partial charge in [-0.15, -0.1) is 11.8 Å². The minimum atomic E-state index is -0.0528. The molecule has 0 atom stereocenters. The van der Waals surface area contributed by atoms with E-state index >= 15 is 0 Å². The van der Waals surface area contributed by atoms with Gasteiger partial charge in [0.05, 0.1) is 22.6 Å². The Bertz CT molecular complexity index is 767. The van der Waals surface area contributed by atoms with Crippen molar-refractivity contribution >= 4 is 44.4 Å². The molecule has 3 aromatic rings. The molecule has 0 fully saturated rings. The number of aromatic nitrogens is 1. The number of fused-ring (bicyclic) bond motifs is 1. The van der Waals surface area contributed by atoms with Crippen LogP contribution in [0.3, 0.4) is 0 Å². The minimum absolute atomic E-state index is 0.0528. The lowest BCUT2D eigenvalue weighted by atomic mass is 10.3. The molecule has 1 aromatic heterocycles. The van der Waals surface area contributed by atoms with Gasteiger partial charge in [0.25, 0.3) is 0 Å². The molecule has 1 heterocycles. The zero-order valence-corrected chi connectivity index (χ0v) is 14.2. The molecular formula is C17H16N2O2S2. The third-order valence-corrected chi connectivity index (χ3v) is 5.01. The number of ether oxygens (including phenoxy) is 1. The predicted molar refractivity (Wildman–Crippen MR) is 96.6 cm³/mol. The van der Waals surface area contributed by atoms with Crippen molar-refractivity contribution in [1.82, 2.24) is 4.98 Å². The fraction of sp³-hybridized carbons (Fsp3) is 0.176. The summed E-state index contributed by atoms with van der Waals surface area (Å²) >= 11 is 2.98. The maximum absolute atomic E-state index is 12.0. The molecule has 3 rings (SSSR count). The fourth-order valence-electron chi connectivity index (χ4n) is 2.03. The number of amides is 1. The van der Waals surface area contributed by atoms with E-state index in [2.05, 4.69) is 10.3 Å². The van der Waals surface area contributed by atoms with Crippen LogP contribution < -0.4 is 10.1 Å². The van der Waals surface area contributed by atoms with Crippen LogP contribution in [-0.4, -0.2) is 23.3 Å². The molecular weight excluding hydrogens is 328 g/mol. The average Bonchev–Trinajstić information content (AvgIpc) is 2.96. The first kappa shape index (κ1) is 15.8. The van der Waals surface area contributed by atoms with Crippen LogP contribution in [0, 0.1) is 0 Å². The summed E-state index contributed by atoms with van der Waals surface area (Å²) in [4.78, 5) is 17.5. The highest BCUT2D eigenvalue weighted by molar-refractivity contribution is 8.00. The van der Waals surface area contributed by atoms with Gasteiger partial charge in [-0.1, -0.05) is 23.5 Å². The maximum atomic E-state index is 12.0. The molecule has 0 saturated heterocycles. The standard InChI is InChI=1S/C17H16N2O2S2/c1-2-21-12-7-9-13(10-8-12)22-11-16(20)19-17-18-14-5-3-4-6-15(14)23-17/h3-10H,2,11H2,1H3,(H,18,19,20). The van der Waals surface area contributed by atoms with E-state index in [1.165, 1.54) is 23.1 Å². The first-order chi connectivity index (χ1) is 11.2. The molecule has 0 aliphatic heterocycles. The van der Waals surface area contributed by atoms with Crippen LogP contribution in [0.2, 0.25) is 0 Å². The molecule has 0 aliphatic carbocycles. The summed E-state index contributed by atoms with van der Waals surface area (Å²) in [6.45, 7) is 2.60. The first-order valence-electron chi connectivity index (χ1n) is 7.25. The van der Waals surface area contributed by atoms with Crippen molar-refractivity contribution in [2.45, 2.75) is 11.8 Å². The molecule has 0 unspecified atom stereocenters. The molecule has 0 aliphatic rings. The number of nitrogens with zero attached hydrogens (tertiary/aromatic N) is 1. The molecule has 118 valence electrons. The molecule has 4 nitrogen and oxygen atoms in total. The Balaban J connectivity index is 1.54. The van der Waals surface area contributed by atoms with Crippen LogP contribution in [0.15, 0.2) is 53.4 Å². The molecule has 2 aromatic carbocycles. The number of benzene rings is 2. The summed E-state index contributed by atoms with van der Waals surface area (Å²) in [6.07, 6.45) is 0. The minimum Gasteiger partial charge on any atom is -0.494 e. The summed E-state index contributed by atoms with van der Waals surface area (Å²) in [6, 6.07) is 15.6. The largest absolute Gasteiger partial charge is 0.494 e. The van der Waals surface area contributed by atoms with Crippen molar-refractivity contribution in [3.63, 3.8) is 0 Å². The lowest BCUT2D eigenvalue weighted by Crippen LogP contribution is -2.13. The summed E-state index contributed by atoms with van der Waals surface area (Å²) in [5.74, 6) is 1.14. The number of hydrogen-bond acceptors (Lipinski definition) is 5.